The van der Waals surface area contributed by atoms with Crippen LogP contribution in [0.25, 0.3) is 0 Å². The summed E-state index contributed by atoms with van der Waals surface area (Å²) in [6.45, 7) is 0. The summed E-state index contributed by atoms with van der Waals surface area (Å²) in [6.07, 6.45) is 4.62. The van der Waals surface area contributed by atoms with Crippen LogP contribution in [0.15, 0.2) is 48.9 Å². The van der Waals surface area contributed by atoms with E-state index < -0.39 is 0 Å². The van der Waals surface area contributed by atoms with Crippen LogP contribution in [0.2, 0.25) is 10.2 Å². The van der Waals surface area contributed by atoms with Crippen LogP contribution in [0.4, 0.5) is 5.69 Å². The Bertz CT molecular complexity index is 864. The van der Waals surface area contributed by atoms with Crippen molar-refractivity contribution in [3.63, 3.8) is 0 Å². The van der Waals surface area contributed by atoms with Gasteiger partial charge >= 0.3 is 0 Å². The number of hydrogen-bond donors (Lipinski definition) is 1. The third-order valence-corrected chi connectivity index (χ3v) is 4.07. The number of carbonyl (C=O) groups is 1. The van der Waals surface area contributed by atoms with Crippen LogP contribution >= 0.6 is 23.2 Å². The molecule has 0 aliphatic heterocycles. The molecule has 2 heterocycles. The first kappa shape index (κ1) is 16.3. The largest absolute Gasteiger partial charge is 0.438 e. The maximum Gasteiger partial charge on any atom is 0.272 e. The minimum atomic E-state index is -0.311. The van der Waals surface area contributed by atoms with Crippen molar-refractivity contribution in [2.24, 2.45) is 7.05 Å². The van der Waals surface area contributed by atoms with Gasteiger partial charge in [0.2, 0.25) is 5.88 Å². The van der Waals surface area contributed by atoms with Gasteiger partial charge in [-0.2, -0.15) is 0 Å². The van der Waals surface area contributed by atoms with Crippen LogP contribution < -0.4 is 10.1 Å². The number of aromatic nitrogens is 3. The van der Waals surface area contributed by atoms with Crippen molar-refractivity contribution in [2.75, 3.05) is 5.32 Å². The van der Waals surface area contributed by atoms with Crippen molar-refractivity contribution in [3.8, 4) is 11.6 Å². The summed E-state index contributed by atoms with van der Waals surface area (Å²) in [5, 5.41) is 3.42. The molecule has 2 aromatic heterocycles. The molecule has 1 N–H and O–H groups in total. The van der Waals surface area contributed by atoms with E-state index in [1.165, 1.54) is 16.8 Å². The molecular formula is C16H12Cl2N4O2. The standard InChI is InChI=1S/C16H12Cl2N4O2/c1-22-13(8-12(17)15(22)18)16(23)21-10-2-4-11(5-3-10)24-14-9-19-6-7-20-14/h2-9H,1H3,(H,21,23). The van der Waals surface area contributed by atoms with Gasteiger partial charge in [-0.05, 0) is 30.3 Å². The monoisotopic (exact) mass is 362 g/mol. The second-order valence-electron chi connectivity index (χ2n) is 4.85. The normalized spacial score (nSPS) is 10.5. The zero-order valence-corrected chi connectivity index (χ0v) is 14.0. The highest BCUT2D eigenvalue weighted by atomic mass is 35.5. The molecule has 0 atom stereocenters. The van der Waals surface area contributed by atoms with Gasteiger partial charge in [-0.1, -0.05) is 23.2 Å². The number of ether oxygens (including phenoxy) is 1. The number of anilines is 1. The number of amides is 1. The van der Waals surface area contributed by atoms with Crippen LogP contribution in [0, 0.1) is 0 Å². The Labute approximate surface area is 148 Å². The fourth-order valence-electron chi connectivity index (χ4n) is 2.02. The predicted octanol–water partition coefficient (Wildman–Crippen LogP) is 4.17. The Morgan fingerprint density at radius 3 is 2.54 bits per heavy atom. The maximum absolute atomic E-state index is 12.3. The van der Waals surface area contributed by atoms with Crippen LogP contribution in [0.5, 0.6) is 11.6 Å². The minimum absolute atomic E-state index is 0.311. The fourth-order valence-corrected chi connectivity index (χ4v) is 2.40. The lowest BCUT2D eigenvalue weighted by Crippen LogP contribution is -2.15. The van der Waals surface area contributed by atoms with E-state index in [1.54, 1.807) is 43.7 Å². The van der Waals surface area contributed by atoms with Crippen molar-refractivity contribution >= 4 is 34.8 Å². The molecule has 0 saturated carbocycles. The number of hydrogen-bond acceptors (Lipinski definition) is 4. The molecule has 3 rings (SSSR count). The van der Waals surface area contributed by atoms with Crippen molar-refractivity contribution in [3.05, 3.63) is 64.8 Å². The van der Waals surface area contributed by atoms with Gasteiger partial charge in [0.1, 0.15) is 16.6 Å². The summed E-state index contributed by atoms with van der Waals surface area (Å²) < 4.78 is 7.05. The van der Waals surface area contributed by atoms with E-state index in [4.69, 9.17) is 27.9 Å². The number of nitrogens with one attached hydrogen (secondary N) is 1. The molecule has 0 radical (unpaired) electrons. The Hall–Kier alpha value is -2.57. The van der Waals surface area contributed by atoms with E-state index >= 15 is 0 Å². The van der Waals surface area contributed by atoms with Crippen molar-refractivity contribution < 1.29 is 9.53 Å². The molecule has 1 aromatic carbocycles. The third-order valence-electron chi connectivity index (χ3n) is 3.22. The summed E-state index contributed by atoms with van der Waals surface area (Å²) in [6, 6.07) is 8.39. The zero-order chi connectivity index (χ0) is 17.1. The van der Waals surface area contributed by atoms with Gasteiger partial charge < -0.3 is 14.6 Å². The Morgan fingerprint density at radius 2 is 1.96 bits per heavy atom. The van der Waals surface area contributed by atoms with Gasteiger partial charge in [-0.15, -0.1) is 0 Å². The third kappa shape index (κ3) is 3.50. The minimum Gasteiger partial charge on any atom is -0.438 e. The predicted molar refractivity (Wildman–Crippen MR) is 91.9 cm³/mol. The molecule has 0 aliphatic carbocycles. The molecule has 6 nitrogen and oxygen atoms in total. The molecule has 3 aromatic rings. The van der Waals surface area contributed by atoms with E-state index in [0.29, 0.717) is 33.2 Å². The number of benzene rings is 1. The SMILES string of the molecule is Cn1c(C(=O)Nc2ccc(Oc3cnccn3)cc2)cc(Cl)c1Cl. The van der Waals surface area contributed by atoms with E-state index in [0.717, 1.165) is 0 Å². The topological polar surface area (TPSA) is 69.0 Å². The number of rotatable bonds is 4. The van der Waals surface area contributed by atoms with Gasteiger partial charge in [0.15, 0.2) is 0 Å². The van der Waals surface area contributed by atoms with Crippen molar-refractivity contribution in [1.29, 1.82) is 0 Å². The Morgan fingerprint density at radius 1 is 1.21 bits per heavy atom. The van der Waals surface area contributed by atoms with E-state index in [1.807, 2.05) is 0 Å². The first-order valence-electron chi connectivity index (χ1n) is 6.90. The molecule has 24 heavy (non-hydrogen) atoms. The molecule has 1 amide bonds. The highest BCUT2D eigenvalue weighted by Gasteiger charge is 2.15. The van der Waals surface area contributed by atoms with E-state index in [-0.39, 0.29) is 5.91 Å². The highest BCUT2D eigenvalue weighted by molar-refractivity contribution is 6.42. The molecule has 0 spiro atoms. The summed E-state index contributed by atoms with van der Waals surface area (Å²) in [4.78, 5) is 20.2. The molecule has 0 bridgehead atoms. The van der Waals surface area contributed by atoms with Crippen LogP contribution in [0.3, 0.4) is 0 Å². The maximum atomic E-state index is 12.3. The first-order valence-corrected chi connectivity index (χ1v) is 7.66. The molecule has 0 unspecified atom stereocenters. The number of halogens is 2. The van der Waals surface area contributed by atoms with Gasteiger partial charge in [0, 0.05) is 25.1 Å². The smallest absolute Gasteiger partial charge is 0.272 e. The van der Waals surface area contributed by atoms with Gasteiger partial charge in [0.25, 0.3) is 5.91 Å². The quantitative estimate of drug-likeness (QED) is 0.756. The first-order chi connectivity index (χ1) is 11.5. The van der Waals surface area contributed by atoms with Crippen LogP contribution in [-0.2, 0) is 7.05 Å². The van der Waals surface area contributed by atoms with E-state index in [2.05, 4.69) is 15.3 Å². The van der Waals surface area contributed by atoms with Gasteiger partial charge in [-0.25, -0.2) is 4.98 Å². The number of carbonyl (C=O) groups excluding carboxylic acids is 1. The molecule has 122 valence electrons. The average molecular weight is 363 g/mol. The molecular weight excluding hydrogens is 351 g/mol. The second kappa shape index (κ2) is 6.90. The highest BCUT2D eigenvalue weighted by Crippen LogP contribution is 2.26. The summed E-state index contributed by atoms with van der Waals surface area (Å²) >= 11 is 11.9. The van der Waals surface area contributed by atoms with Crippen molar-refractivity contribution in [2.45, 2.75) is 0 Å². The lowest BCUT2D eigenvalue weighted by Gasteiger charge is -2.08. The lowest BCUT2D eigenvalue weighted by molar-refractivity contribution is 0.101. The van der Waals surface area contributed by atoms with Gasteiger partial charge in [0.05, 0.1) is 11.2 Å². The zero-order valence-electron chi connectivity index (χ0n) is 12.5. The Kier molecular flexibility index (Phi) is 4.69. The molecule has 0 aliphatic rings. The van der Waals surface area contributed by atoms with Crippen molar-refractivity contribution in [1.82, 2.24) is 14.5 Å². The van der Waals surface area contributed by atoms with E-state index in [9.17, 15) is 4.79 Å². The fraction of sp³-hybridized carbons (Fsp3) is 0.0625. The summed E-state index contributed by atoms with van der Waals surface area (Å²) in [5.74, 6) is 0.662. The molecule has 0 saturated heterocycles. The number of nitrogens with zero attached hydrogens (tertiary/aromatic N) is 3. The summed E-state index contributed by atoms with van der Waals surface area (Å²) in [7, 11) is 1.67. The lowest BCUT2D eigenvalue weighted by atomic mass is 10.3. The molecule has 8 heteroatoms. The Balaban J connectivity index is 1.70. The second-order valence-corrected chi connectivity index (χ2v) is 5.62. The van der Waals surface area contributed by atoms with Crippen LogP contribution in [0.1, 0.15) is 10.5 Å². The summed E-state index contributed by atoms with van der Waals surface area (Å²) in [5.41, 5.74) is 0.977. The molecule has 0 fully saturated rings. The van der Waals surface area contributed by atoms with Crippen LogP contribution in [-0.4, -0.2) is 20.4 Å². The van der Waals surface area contributed by atoms with Gasteiger partial charge in [-0.3, -0.25) is 9.78 Å². The average Bonchev–Trinajstić information content (AvgIpc) is 2.85.